The van der Waals surface area contributed by atoms with Crippen LogP contribution >= 0.6 is 31.9 Å². The Labute approximate surface area is 136 Å². The lowest BCUT2D eigenvalue weighted by Gasteiger charge is -2.22. The maximum atomic E-state index is 6.05. The van der Waals surface area contributed by atoms with Crippen molar-refractivity contribution >= 4 is 31.9 Å². The fourth-order valence-electron chi connectivity index (χ4n) is 2.02. The van der Waals surface area contributed by atoms with E-state index in [1.54, 1.807) is 0 Å². The van der Waals surface area contributed by atoms with Crippen molar-refractivity contribution < 1.29 is 4.74 Å². The molecule has 0 bridgehead atoms. The van der Waals surface area contributed by atoms with Crippen molar-refractivity contribution in [1.29, 1.82) is 0 Å². The summed E-state index contributed by atoms with van der Waals surface area (Å²) in [5.74, 6) is 0. The molecule has 2 unspecified atom stereocenters. The van der Waals surface area contributed by atoms with Crippen LogP contribution in [0.5, 0.6) is 0 Å². The molecule has 0 saturated carbocycles. The Bertz CT molecular complexity index is 555. The van der Waals surface area contributed by atoms with Gasteiger partial charge in [0, 0.05) is 15.0 Å². The Morgan fingerprint density at radius 3 is 2.35 bits per heavy atom. The number of rotatable bonds is 5. The van der Waals surface area contributed by atoms with E-state index in [1.807, 2.05) is 49.4 Å². The number of hydrogen-bond acceptors (Lipinski definition) is 2. The van der Waals surface area contributed by atoms with Gasteiger partial charge < -0.3 is 10.5 Å². The molecule has 0 saturated heterocycles. The van der Waals surface area contributed by atoms with Crippen molar-refractivity contribution in [2.75, 3.05) is 0 Å². The first-order valence-electron chi connectivity index (χ1n) is 6.43. The van der Waals surface area contributed by atoms with Gasteiger partial charge in [0.1, 0.15) is 0 Å². The molecule has 2 atom stereocenters. The van der Waals surface area contributed by atoms with Gasteiger partial charge in [-0.2, -0.15) is 0 Å². The van der Waals surface area contributed by atoms with Crippen LogP contribution in [-0.4, -0.2) is 6.04 Å². The molecule has 2 N–H and O–H groups in total. The van der Waals surface area contributed by atoms with E-state index in [2.05, 4.69) is 37.9 Å². The third-order valence-electron chi connectivity index (χ3n) is 2.99. The Kier molecular flexibility index (Phi) is 5.78. The van der Waals surface area contributed by atoms with Gasteiger partial charge in [0.05, 0.1) is 12.7 Å². The molecule has 2 rings (SSSR count). The SMILES string of the molecule is CC(N)C(OCc1cccc(Br)c1)c1ccc(Br)cc1. The maximum absolute atomic E-state index is 6.05. The first-order chi connectivity index (χ1) is 9.56. The monoisotopic (exact) mass is 397 g/mol. The number of hydrogen-bond donors (Lipinski definition) is 1. The summed E-state index contributed by atoms with van der Waals surface area (Å²) >= 11 is 6.90. The molecule has 0 aliphatic heterocycles. The summed E-state index contributed by atoms with van der Waals surface area (Å²) in [7, 11) is 0. The van der Waals surface area contributed by atoms with E-state index in [9.17, 15) is 0 Å². The smallest absolute Gasteiger partial charge is 0.0977 e. The van der Waals surface area contributed by atoms with Gasteiger partial charge in [-0.3, -0.25) is 0 Å². The summed E-state index contributed by atoms with van der Waals surface area (Å²) in [6.45, 7) is 2.51. The first-order valence-corrected chi connectivity index (χ1v) is 8.02. The highest BCUT2D eigenvalue weighted by Crippen LogP contribution is 2.24. The normalized spacial score (nSPS) is 14.0. The Morgan fingerprint density at radius 1 is 1.05 bits per heavy atom. The van der Waals surface area contributed by atoms with Crippen molar-refractivity contribution in [1.82, 2.24) is 0 Å². The lowest BCUT2D eigenvalue weighted by atomic mass is 10.0. The zero-order chi connectivity index (χ0) is 14.5. The van der Waals surface area contributed by atoms with Gasteiger partial charge in [-0.1, -0.05) is 56.1 Å². The topological polar surface area (TPSA) is 35.2 Å². The summed E-state index contributed by atoms with van der Waals surface area (Å²) in [5, 5.41) is 0. The summed E-state index contributed by atoms with van der Waals surface area (Å²) < 4.78 is 8.12. The number of ether oxygens (including phenoxy) is 1. The fraction of sp³-hybridized carbons (Fsp3) is 0.250. The highest BCUT2D eigenvalue weighted by molar-refractivity contribution is 9.10. The third kappa shape index (κ3) is 4.42. The minimum atomic E-state index is -0.109. The molecule has 0 aromatic heterocycles. The zero-order valence-electron chi connectivity index (χ0n) is 11.2. The lowest BCUT2D eigenvalue weighted by molar-refractivity contribution is 0.0259. The summed E-state index contributed by atoms with van der Waals surface area (Å²) in [6, 6.07) is 16.1. The van der Waals surface area contributed by atoms with E-state index in [4.69, 9.17) is 10.5 Å². The number of benzene rings is 2. The molecular weight excluding hydrogens is 382 g/mol. The molecule has 0 aliphatic carbocycles. The molecule has 2 aromatic rings. The largest absolute Gasteiger partial charge is 0.367 e. The van der Waals surface area contributed by atoms with Crippen molar-refractivity contribution in [3.05, 3.63) is 68.6 Å². The van der Waals surface area contributed by atoms with Crippen molar-refractivity contribution in [3.8, 4) is 0 Å². The first kappa shape index (κ1) is 15.7. The molecule has 0 amide bonds. The maximum Gasteiger partial charge on any atom is 0.0977 e. The molecule has 4 heteroatoms. The molecular formula is C16H17Br2NO. The minimum Gasteiger partial charge on any atom is -0.367 e. The van der Waals surface area contributed by atoms with E-state index >= 15 is 0 Å². The summed E-state index contributed by atoms with van der Waals surface area (Å²) in [5.41, 5.74) is 8.28. The van der Waals surface area contributed by atoms with Gasteiger partial charge in [0.15, 0.2) is 0 Å². The molecule has 0 radical (unpaired) electrons. The van der Waals surface area contributed by atoms with Gasteiger partial charge in [-0.15, -0.1) is 0 Å². The van der Waals surface area contributed by atoms with Gasteiger partial charge in [-0.05, 0) is 42.3 Å². The van der Waals surface area contributed by atoms with Crippen LogP contribution in [0.4, 0.5) is 0 Å². The quantitative estimate of drug-likeness (QED) is 0.783. The van der Waals surface area contributed by atoms with Gasteiger partial charge in [-0.25, -0.2) is 0 Å². The van der Waals surface area contributed by atoms with Crippen LogP contribution in [0.3, 0.4) is 0 Å². The van der Waals surface area contributed by atoms with E-state index in [1.165, 1.54) is 0 Å². The Balaban J connectivity index is 2.08. The predicted octanol–water partition coefficient (Wildman–Crippen LogP) is 4.82. The second kappa shape index (κ2) is 7.36. The second-order valence-corrected chi connectivity index (χ2v) is 6.60. The molecule has 2 aromatic carbocycles. The lowest BCUT2D eigenvalue weighted by Crippen LogP contribution is -2.26. The van der Waals surface area contributed by atoms with E-state index in [-0.39, 0.29) is 12.1 Å². The summed E-state index contributed by atoms with van der Waals surface area (Å²) in [6.07, 6.45) is -0.109. The average molecular weight is 399 g/mol. The molecule has 20 heavy (non-hydrogen) atoms. The highest BCUT2D eigenvalue weighted by Gasteiger charge is 2.17. The van der Waals surface area contributed by atoms with E-state index in [0.717, 1.165) is 20.1 Å². The Morgan fingerprint density at radius 2 is 1.75 bits per heavy atom. The molecule has 0 spiro atoms. The minimum absolute atomic E-state index is 0.0664. The molecule has 2 nitrogen and oxygen atoms in total. The second-order valence-electron chi connectivity index (χ2n) is 4.77. The fourth-order valence-corrected chi connectivity index (χ4v) is 2.73. The Hall–Kier alpha value is -0.680. The van der Waals surface area contributed by atoms with E-state index in [0.29, 0.717) is 6.61 Å². The van der Waals surface area contributed by atoms with Crippen LogP contribution in [0.1, 0.15) is 24.2 Å². The van der Waals surface area contributed by atoms with Crippen LogP contribution in [0, 0.1) is 0 Å². The number of halogens is 2. The standard InChI is InChI=1S/C16H17Br2NO/c1-11(19)16(13-5-7-14(17)8-6-13)20-10-12-3-2-4-15(18)9-12/h2-9,11,16H,10,19H2,1H3. The molecule has 0 heterocycles. The van der Waals surface area contributed by atoms with Crippen LogP contribution in [0.25, 0.3) is 0 Å². The predicted molar refractivity (Wildman–Crippen MR) is 89.5 cm³/mol. The zero-order valence-corrected chi connectivity index (χ0v) is 14.4. The van der Waals surface area contributed by atoms with Gasteiger partial charge in [0.25, 0.3) is 0 Å². The molecule has 0 aliphatic rings. The molecule has 0 fully saturated rings. The van der Waals surface area contributed by atoms with Gasteiger partial charge >= 0.3 is 0 Å². The molecule has 106 valence electrons. The third-order valence-corrected chi connectivity index (χ3v) is 4.02. The van der Waals surface area contributed by atoms with Gasteiger partial charge in [0.2, 0.25) is 0 Å². The summed E-state index contributed by atoms with van der Waals surface area (Å²) in [4.78, 5) is 0. The van der Waals surface area contributed by atoms with Crippen LogP contribution < -0.4 is 5.73 Å². The van der Waals surface area contributed by atoms with E-state index < -0.39 is 0 Å². The average Bonchev–Trinajstić information content (AvgIpc) is 2.41. The van der Waals surface area contributed by atoms with Crippen molar-refractivity contribution in [2.24, 2.45) is 5.73 Å². The van der Waals surface area contributed by atoms with Crippen LogP contribution in [0.15, 0.2) is 57.5 Å². The van der Waals surface area contributed by atoms with Crippen LogP contribution in [-0.2, 0) is 11.3 Å². The van der Waals surface area contributed by atoms with Crippen LogP contribution in [0.2, 0.25) is 0 Å². The highest BCUT2D eigenvalue weighted by atomic mass is 79.9. The van der Waals surface area contributed by atoms with Crippen molar-refractivity contribution in [3.63, 3.8) is 0 Å². The number of nitrogens with two attached hydrogens (primary N) is 1. The van der Waals surface area contributed by atoms with Crippen molar-refractivity contribution in [2.45, 2.75) is 25.7 Å².